The fourth-order valence-corrected chi connectivity index (χ4v) is 1.52. The van der Waals surface area contributed by atoms with Gasteiger partial charge in [-0.3, -0.25) is 9.69 Å². The Morgan fingerprint density at radius 3 is 2.54 bits per heavy atom. The highest BCUT2D eigenvalue weighted by Gasteiger charge is 2.11. The fraction of sp³-hybridized carbons (Fsp3) is 0.889. The van der Waals surface area contributed by atoms with Crippen molar-refractivity contribution in [1.82, 2.24) is 4.90 Å². The fourth-order valence-electron chi connectivity index (χ4n) is 1.11. The van der Waals surface area contributed by atoms with Gasteiger partial charge in [0.2, 0.25) is 0 Å². The lowest BCUT2D eigenvalue weighted by Crippen LogP contribution is -2.36. The van der Waals surface area contributed by atoms with E-state index in [1.165, 1.54) is 0 Å². The van der Waals surface area contributed by atoms with E-state index in [0.29, 0.717) is 6.04 Å². The van der Waals surface area contributed by atoms with Gasteiger partial charge in [0.1, 0.15) is 0 Å². The van der Waals surface area contributed by atoms with Crippen molar-refractivity contribution in [2.24, 2.45) is 0 Å². The van der Waals surface area contributed by atoms with Gasteiger partial charge in [0, 0.05) is 6.04 Å². The predicted molar refractivity (Wildman–Crippen MR) is 57.3 cm³/mol. The van der Waals surface area contributed by atoms with Crippen molar-refractivity contribution in [2.45, 2.75) is 26.3 Å². The molecule has 0 radical (unpaired) electrons. The quantitative estimate of drug-likeness (QED) is 0.640. The third-order valence-corrected chi connectivity index (χ3v) is 2.56. The topological polar surface area (TPSA) is 40.5 Å². The monoisotopic (exact) mass is 205 g/mol. The first-order valence-electron chi connectivity index (χ1n) is 4.52. The van der Waals surface area contributed by atoms with Crippen molar-refractivity contribution in [2.75, 3.05) is 25.1 Å². The zero-order valence-electron chi connectivity index (χ0n) is 8.62. The molecule has 0 unspecified atom stereocenters. The van der Waals surface area contributed by atoms with Gasteiger partial charge >= 0.3 is 5.97 Å². The normalized spacial score (nSPS) is 11.2. The van der Waals surface area contributed by atoms with Gasteiger partial charge < -0.3 is 5.11 Å². The molecule has 0 rings (SSSR count). The largest absolute Gasteiger partial charge is 0.480 e. The molecule has 0 amide bonds. The van der Waals surface area contributed by atoms with Crippen LogP contribution in [0, 0.1) is 0 Å². The summed E-state index contributed by atoms with van der Waals surface area (Å²) in [5, 5.41) is 8.64. The van der Waals surface area contributed by atoms with Crippen LogP contribution in [0.5, 0.6) is 0 Å². The number of thioether (sulfide) groups is 1. The first kappa shape index (κ1) is 12.8. The average Bonchev–Trinajstić information content (AvgIpc) is 2.02. The lowest BCUT2D eigenvalue weighted by molar-refractivity contribution is -0.138. The molecule has 0 bridgehead atoms. The molecule has 0 aliphatic heterocycles. The van der Waals surface area contributed by atoms with Crippen LogP contribution >= 0.6 is 11.8 Å². The Balaban J connectivity index is 3.74. The second kappa shape index (κ2) is 7.21. The van der Waals surface area contributed by atoms with Gasteiger partial charge in [-0.1, -0.05) is 0 Å². The first-order valence-corrected chi connectivity index (χ1v) is 5.92. The molecule has 0 saturated heterocycles. The van der Waals surface area contributed by atoms with Gasteiger partial charge in [0.05, 0.1) is 6.54 Å². The highest BCUT2D eigenvalue weighted by Crippen LogP contribution is 2.02. The first-order chi connectivity index (χ1) is 6.07. The number of carboxylic acid groups (broad SMARTS) is 1. The van der Waals surface area contributed by atoms with Crippen molar-refractivity contribution in [3.05, 3.63) is 0 Å². The minimum absolute atomic E-state index is 0.159. The van der Waals surface area contributed by atoms with Gasteiger partial charge in [-0.15, -0.1) is 0 Å². The lowest BCUT2D eigenvalue weighted by Gasteiger charge is -2.24. The van der Waals surface area contributed by atoms with Crippen LogP contribution in [0.25, 0.3) is 0 Å². The van der Waals surface area contributed by atoms with Gasteiger partial charge in [-0.25, -0.2) is 0 Å². The molecule has 0 heterocycles. The molecule has 78 valence electrons. The van der Waals surface area contributed by atoms with Crippen LogP contribution < -0.4 is 0 Å². The SMILES string of the molecule is CSCCCN(CC(=O)O)C(C)C. The number of hydrogen-bond donors (Lipinski definition) is 1. The van der Waals surface area contributed by atoms with Crippen molar-refractivity contribution < 1.29 is 9.90 Å². The summed E-state index contributed by atoms with van der Waals surface area (Å²) in [5.41, 5.74) is 0. The van der Waals surface area contributed by atoms with Crippen LogP contribution in [0.15, 0.2) is 0 Å². The number of rotatable bonds is 7. The summed E-state index contributed by atoms with van der Waals surface area (Å²) in [6.07, 6.45) is 3.13. The number of hydrogen-bond acceptors (Lipinski definition) is 3. The van der Waals surface area contributed by atoms with Gasteiger partial charge in [0.15, 0.2) is 0 Å². The highest BCUT2D eigenvalue weighted by molar-refractivity contribution is 7.98. The number of aliphatic carboxylic acids is 1. The standard InChI is InChI=1S/C9H19NO2S/c1-8(2)10(7-9(11)12)5-4-6-13-3/h8H,4-7H2,1-3H3,(H,11,12). The zero-order valence-corrected chi connectivity index (χ0v) is 9.43. The summed E-state index contributed by atoms with van der Waals surface area (Å²) in [5.74, 6) is 0.362. The van der Waals surface area contributed by atoms with Crippen LogP contribution in [-0.2, 0) is 4.79 Å². The summed E-state index contributed by atoms with van der Waals surface area (Å²) in [6, 6.07) is 0.318. The van der Waals surface area contributed by atoms with E-state index in [9.17, 15) is 4.79 Å². The number of carbonyl (C=O) groups is 1. The van der Waals surface area contributed by atoms with Gasteiger partial charge in [-0.2, -0.15) is 11.8 Å². The van der Waals surface area contributed by atoms with E-state index in [1.54, 1.807) is 11.8 Å². The van der Waals surface area contributed by atoms with E-state index in [-0.39, 0.29) is 6.54 Å². The maximum absolute atomic E-state index is 10.5. The summed E-state index contributed by atoms with van der Waals surface area (Å²) >= 11 is 1.80. The minimum Gasteiger partial charge on any atom is -0.480 e. The second-order valence-electron chi connectivity index (χ2n) is 3.30. The Labute approximate surface area is 84.5 Å². The van der Waals surface area contributed by atoms with E-state index in [4.69, 9.17) is 5.11 Å². The molecule has 0 aromatic carbocycles. The average molecular weight is 205 g/mol. The maximum atomic E-state index is 10.5. The van der Waals surface area contributed by atoms with Crippen LogP contribution in [0.3, 0.4) is 0 Å². The smallest absolute Gasteiger partial charge is 0.317 e. The Morgan fingerprint density at radius 1 is 1.54 bits per heavy atom. The third kappa shape index (κ3) is 6.90. The molecular formula is C9H19NO2S. The van der Waals surface area contributed by atoms with Crippen LogP contribution in [0.4, 0.5) is 0 Å². The summed E-state index contributed by atoms with van der Waals surface area (Å²) in [7, 11) is 0. The molecule has 0 spiro atoms. The Hall–Kier alpha value is -0.220. The van der Waals surface area contributed by atoms with Crippen molar-refractivity contribution >= 4 is 17.7 Å². The van der Waals surface area contributed by atoms with Crippen molar-refractivity contribution in [3.8, 4) is 0 Å². The van der Waals surface area contributed by atoms with E-state index in [2.05, 4.69) is 6.26 Å². The van der Waals surface area contributed by atoms with Crippen molar-refractivity contribution in [3.63, 3.8) is 0 Å². The Morgan fingerprint density at radius 2 is 2.15 bits per heavy atom. The van der Waals surface area contributed by atoms with E-state index in [0.717, 1.165) is 18.7 Å². The van der Waals surface area contributed by atoms with E-state index < -0.39 is 5.97 Å². The van der Waals surface area contributed by atoms with Gasteiger partial charge in [0.25, 0.3) is 0 Å². The Kier molecular flexibility index (Phi) is 7.09. The predicted octanol–water partition coefficient (Wildman–Crippen LogP) is 1.53. The molecule has 4 heteroatoms. The molecular weight excluding hydrogens is 186 g/mol. The van der Waals surface area contributed by atoms with Crippen LogP contribution in [-0.4, -0.2) is 47.1 Å². The molecule has 0 aliphatic carbocycles. The second-order valence-corrected chi connectivity index (χ2v) is 4.29. The molecule has 0 fully saturated rings. The van der Waals surface area contributed by atoms with Gasteiger partial charge in [-0.05, 0) is 38.8 Å². The Bertz CT molecular complexity index is 151. The number of carboxylic acids is 1. The molecule has 3 nitrogen and oxygen atoms in total. The maximum Gasteiger partial charge on any atom is 0.317 e. The molecule has 0 aromatic heterocycles. The lowest BCUT2D eigenvalue weighted by atomic mass is 10.3. The zero-order chi connectivity index (χ0) is 10.3. The molecule has 0 atom stereocenters. The van der Waals surface area contributed by atoms with Crippen LogP contribution in [0.2, 0.25) is 0 Å². The van der Waals surface area contributed by atoms with Crippen molar-refractivity contribution in [1.29, 1.82) is 0 Å². The number of nitrogens with zero attached hydrogens (tertiary/aromatic N) is 1. The molecule has 13 heavy (non-hydrogen) atoms. The molecule has 0 saturated carbocycles. The third-order valence-electron chi connectivity index (χ3n) is 1.86. The minimum atomic E-state index is -0.738. The summed E-state index contributed by atoms with van der Waals surface area (Å²) < 4.78 is 0. The summed E-state index contributed by atoms with van der Waals surface area (Å²) in [4.78, 5) is 12.5. The highest BCUT2D eigenvalue weighted by atomic mass is 32.2. The molecule has 0 aromatic rings. The molecule has 0 aliphatic rings. The van der Waals surface area contributed by atoms with Crippen LogP contribution in [0.1, 0.15) is 20.3 Å². The summed E-state index contributed by atoms with van der Waals surface area (Å²) in [6.45, 7) is 5.10. The van der Waals surface area contributed by atoms with E-state index in [1.807, 2.05) is 18.7 Å². The van der Waals surface area contributed by atoms with E-state index >= 15 is 0 Å². The molecule has 1 N–H and O–H groups in total.